The normalized spacial score (nSPS) is 14.5. The van der Waals surface area contributed by atoms with E-state index in [2.05, 4.69) is 25.0 Å². The zero-order valence-corrected chi connectivity index (χ0v) is 16.3. The number of carbonyl (C=O) groups excluding carboxylic acids is 1. The van der Waals surface area contributed by atoms with Crippen LogP contribution in [-0.2, 0) is 12.7 Å². The van der Waals surface area contributed by atoms with Gasteiger partial charge in [0.05, 0.1) is 0 Å². The summed E-state index contributed by atoms with van der Waals surface area (Å²) in [6.45, 7) is 2.71. The third-order valence-electron chi connectivity index (χ3n) is 4.85. The van der Waals surface area contributed by atoms with Gasteiger partial charge in [-0.05, 0) is 17.7 Å². The zero-order valence-electron chi connectivity index (χ0n) is 16.3. The van der Waals surface area contributed by atoms with Gasteiger partial charge in [-0.2, -0.15) is 18.2 Å². The lowest BCUT2D eigenvalue weighted by Gasteiger charge is -2.35. The summed E-state index contributed by atoms with van der Waals surface area (Å²) in [5, 5.41) is 6.26. The molecule has 31 heavy (non-hydrogen) atoms. The minimum absolute atomic E-state index is 0.121. The summed E-state index contributed by atoms with van der Waals surface area (Å²) in [6.07, 6.45) is -3.29. The molecule has 2 aromatic heterocycles. The van der Waals surface area contributed by atoms with E-state index in [1.165, 1.54) is 6.20 Å². The van der Waals surface area contributed by atoms with Crippen LogP contribution in [0.25, 0.3) is 11.4 Å². The molecule has 11 heteroatoms. The number of carbonyl (C=O) groups is 1. The zero-order chi connectivity index (χ0) is 21.8. The van der Waals surface area contributed by atoms with Crippen LogP contribution in [0.15, 0.2) is 53.2 Å². The Morgan fingerprint density at radius 1 is 1.06 bits per heavy atom. The number of hydrogen-bond donors (Lipinski definition) is 1. The molecule has 3 heterocycles. The number of aromatic nitrogens is 3. The minimum Gasteiger partial charge on any atom is -0.353 e. The maximum Gasteiger partial charge on any atom is 0.471 e. The number of rotatable bonds is 4. The molecule has 0 atom stereocenters. The molecule has 0 aliphatic carbocycles. The number of nitrogens with one attached hydrogen (secondary N) is 1. The van der Waals surface area contributed by atoms with E-state index >= 15 is 0 Å². The number of amides is 2. The van der Waals surface area contributed by atoms with Crippen molar-refractivity contribution in [2.24, 2.45) is 0 Å². The first-order valence-corrected chi connectivity index (χ1v) is 9.59. The highest BCUT2D eigenvalue weighted by molar-refractivity contribution is 5.74. The van der Waals surface area contributed by atoms with Gasteiger partial charge in [0.2, 0.25) is 5.82 Å². The Balaban J connectivity index is 1.30. The maximum atomic E-state index is 12.6. The maximum absolute atomic E-state index is 12.6. The molecule has 1 N–H and O–H groups in total. The number of piperazine rings is 1. The molecular formula is C20H19F3N6O2. The fourth-order valence-corrected chi connectivity index (χ4v) is 3.19. The van der Waals surface area contributed by atoms with E-state index in [1.54, 1.807) is 17.0 Å². The summed E-state index contributed by atoms with van der Waals surface area (Å²) in [7, 11) is 0. The van der Waals surface area contributed by atoms with Gasteiger partial charge in [-0.25, -0.2) is 9.78 Å². The lowest BCUT2D eigenvalue weighted by Crippen LogP contribution is -2.51. The summed E-state index contributed by atoms with van der Waals surface area (Å²) in [6, 6.07) is 12.8. The first-order valence-electron chi connectivity index (χ1n) is 9.59. The van der Waals surface area contributed by atoms with Gasteiger partial charge in [-0.15, -0.1) is 0 Å². The number of alkyl halides is 3. The van der Waals surface area contributed by atoms with Crippen LogP contribution in [0.1, 0.15) is 11.5 Å². The van der Waals surface area contributed by atoms with E-state index in [-0.39, 0.29) is 11.9 Å². The van der Waals surface area contributed by atoms with Crippen molar-refractivity contribution in [2.75, 3.05) is 31.1 Å². The number of pyridine rings is 1. The molecule has 1 aromatic carbocycles. The third-order valence-corrected chi connectivity index (χ3v) is 4.85. The van der Waals surface area contributed by atoms with E-state index < -0.39 is 12.1 Å². The Labute approximate surface area is 175 Å². The molecule has 162 valence electrons. The van der Waals surface area contributed by atoms with Crippen LogP contribution in [0.4, 0.5) is 23.8 Å². The van der Waals surface area contributed by atoms with Crippen molar-refractivity contribution in [3.8, 4) is 11.4 Å². The number of urea groups is 1. The van der Waals surface area contributed by atoms with Crippen LogP contribution >= 0.6 is 0 Å². The smallest absolute Gasteiger partial charge is 0.353 e. The van der Waals surface area contributed by atoms with Gasteiger partial charge in [0.15, 0.2) is 0 Å². The third kappa shape index (κ3) is 4.93. The van der Waals surface area contributed by atoms with Crippen LogP contribution in [-0.4, -0.2) is 52.2 Å². The highest BCUT2D eigenvalue weighted by Gasteiger charge is 2.38. The van der Waals surface area contributed by atoms with Crippen molar-refractivity contribution >= 4 is 11.8 Å². The molecule has 1 aliphatic heterocycles. The fraction of sp³-hybridized carbons (Fsp3) is 0.300. The molecular weight excluding hydrogens is 413 g/mol. The Hall–Kier alpha value is -3.63. The van der Waals surface area contributed by atoms with Crippen molar-refractivity contribution in [1.29, 1.82) is 0 Å². The van der Waals surface area contributed by atoms with Crippen LogP contribution in [0.5, 0.6) is 0 Å². The Morgan fingerprint density at radius 3 is 2.42 bits per heavy atom. The Bertz CT molecular complexity index is 1020. The summed E-state index contributed by atoms with van der Waals surface area (Å²) in [5.74, 6) is -0.910. The van der Waals surface area contributed by atoms with Gasteiger partial charge in [-0.1, -0.05) is 35.5 Å². The van der Waals surface area contributed by atoms with Gasteiger partial charge in [-0.3, -0.25) is 0 Å². The number of benzene rings is 1. The topological polar surface area (TPSA) is 87.4 Å². The second-order valence-corrected chi connectivity index (χ2v) is 6.94. The highest BCUT2D eigenvalue weighted by atomic mass is 19.4. The second kappa shape index (κ2) is 8.62. The van der Waals surface area contributed by atoms with Crippen LogP contribution < -0.4 is 10.2 Å². The van der Waals surface area contributed by atoms with E-state index in [9.17, 15) is 18.0 Å². The number of hydrogen-bond acceptors (Lipinski definition) is 6. The summed E-state index contributed by atoms with van der Waals surface area (Å²) < 4.78 is 42.0. The molecule has 0 saturated carbocycles. The molecule has 0 spiro atoms. The molecule has 1 fully saturated rings. The first-order chi connectivity index (χ1) is 14.9. The molecule has 0 radical (unpaired) electrons. The molecule has 3 aromatic rings. The van der Waals surface area contributed by atoms with Gasteiger partial charge in [0.25, 0.3) is 0 Å². The van der Waals surface area contributed by atoms with Gasteiger partial charge < -0.3 is 19.6 Å². The minimum atomic E-state index is -4.69. The fourth-order valence-electron chi connectivity index (χ4n) is 3.19. The van der Waals surface area contributed by atoms with Crippen molar-refractivity contribution in [2.45, 2.75) is 12.7 Å². The molecule has 4 rings (SSSR count). The summed E-state index contributed by atoms with van der Waals surface area (Å²) in [4.78, 5) is 23.8. The monoisotopic (exact) mass is 432 g/mol. The van der Waals surface area contributed by atoms with Crippen LogP contribution in [0, 0.1) is 0 Å². The SMILES string of the molecule is O=C(NCc1ccccc1)N1CCN(c2ccc(-c3noc(C(F)(F)F)n3)cn2)CC1. The molecule has 8 nitrogen and oxygen atoms in total. The number of nitrogens with zero attached hydrogens (tertiary/aromatic N) is 5. The molecule has 0 bridgehead atoms. The van der Waals surface area contributed by atoms with Crippen molar-refractivity contribution in [3.63, 3.8) is 0 Å². The van der Waals surface area contributed by atoms with E-state index in [4.69, 9.17) is 0 Å². The number of anilines is 1. The lowest BCUT2D eigenvalue weighted by atomic mass is 10.2. The lowest BCUT2D eigenvalue weighted by molar-refractivity contribution is -0.159. The van der Waals surface area contributed by atoms with Crippen molar-refractivity contribution in [1.82, 2.24) is 25.3 Å². The average molecular weight is 432 g/mol. The van der Waals surface area contributed by atoms with Crippen LogP contribution in [0.3, 0.4) is 0 Å². The predicted octanol–water partition coefficient (Wildman–Crippen LogP) is 3.18. The van der Waals surface area contributed by atoms with Gasteiger partial charge in [0.1, 0.15) is 5.82 Å². The summed E-state index contributed by atoms with van der Waals surface area (Å²) in [5.41, 5.74) is 1.35. The molecule has 2 amide bonds. The van der Waals surface area contributed by atoms with Crippen molar-refractivity contribution in [3.05, 3.63) is 60.1 Å². The van der Waals surface area contributed by atoms with E-state index in [1.807, 2.05) is 35.2 Å². The predicted molar refractivity (Wildman–Crippen MR) is 105 cm³/mol. The summed E-state index contributed by atoms with van der Waals surface area (Å²) >= 11 is 0. The van der Waals surface area contributed by atoms with E-state index in [0.717, 1.165) is 5.56 Å². The quantitative estimate of drug-likeness (QED) is 0.682. The average Bonchev–Trinajstić information content (AvgIpc) is 3.29. The standard InChI is InChI=1S/C20H19F3N6O2/c21-20(22,23)18-26-17(27-31-18)15-6-7-16(24-13-15)28-8-10-29(11-9-28)19(30)25-12-14-4-2-1-3-5-14/h1-7,13H,8-12H2,(H,25,30). The Morgan fingerprint density at radius 2 is 1.81 bits per heavy atom. The largest absolute Gasteiger partial charge is 0.471 e. The molecule has 1 aliphatic rings. The molecule has 1 saturated heterocycles. The van der Waals surface area contributed by atoms with Crippen LogP contribution in [0.2, 0.25) is 0 Å². The number of halogens is 3. The second-order valence-electron chi connectivity index (χ2n) is 6.94. The first kappa shape index (κ1) is 20.6. The van der Waals surface area contributed by atoms with Gasteiger partial charge >= 0.3 is 18.1 Å². The molecule has 0 unspecified atom stereocenters. The van der Waals surface area contributed by atoms with E-state index in [0.29, 0.717) is 44.1 Å². The van der Waals surface area contributed by atoms with Gasteiger partial charge in [0, 0.05) is 44.5 Å². The van der Waals surface area contributed by atoms with Crippen molar-refractivity contribution < 1.29 is 22.5 Å². The Kier molecular flexibility index (Phi) is 5.74. The highest BCUT2D eigenvalue weighted by Crippen LogP contribution is 2.29.